The second kappa shape index (κ2) is 10.8. The fourth-order valence-electron chi connectivity index (χ4n) is 2.21. The molecular formula is C19H18F3N3O6. The summed E-state index contributed by atoms with van der Waals surface area (Å²) in [6.07, 6.45) is -0.168. The third-order valence-corrected chi connectivity index (χ3v) is 3.77. The Hall–Kier alpha value is -3.83. The van der Waals surface area contributed by atoms with Crippen LogP contribution >= 0.6 is 0 Å². The van der Waals surface area contributed by atoms with E-state index in [-0.39, 0.29) is 18.7 Å². The fraction of sp³-hybridized carbons (Fsp3) is 0.263. The van der Waals surface area contributed by atoms with Gasteiger partial charge in [-0.25, -0.2) is 13.2 Å². The van der Waals surface area contributed by atoms with E-state index in [0.29, 0.717) is 6.07 Å². The fourth-order valence-corrected chi connectivity index (χ4v) is 2.21. The Labute approximate surface area is 173 Å². The van der Waals surface area contributed by atoms with Crippen LogP contribution in [0.15, 0.2) is 34.9 Å². The highest BCUT2D eigenvalue weighted by molar-refractivity contribution is 5.95. The third kappa shape index (κ3) is 6.87. The molecule has 0 aliphatic heterocycles. The molecule has 1 heterocycles. The molecule has 1 aromatic heterocycles. The minimum Gasteiger partial charge on any atom is -0.459 e. The van der Waals surface area contributed by atoms with Crippen molar-refractivity contribution in [2.24, 2.45) is 0 Å². The average molecular weight is 441 g/mol. The molecule has 31 heavy (non-hydrogen) atoms. The van der Waals surface area contributed by atoms with Crippen molar-refractivity contribution in [1.82, 2.24) is 10.6 Å². The number of halogens is 3. The van der Waals surface area contributed by atoms with Crippen molar-refractivity contribution in [3.05, 3.63) is 53.7 Å². The van der Waals surface area contributed by atoms with Gasteiger partial charge in [-0.05, 0) is 31.2 Å². The zero-order valence-electron chi connectivity index (χ0n) is 16.2. The van der Waals surface area contributed by atoms with Gasteiger partial charge < -0.3 is 25.1 Å². The quantitative estimate of drug-likeness (QED) is 0.400. The second-order valence-corrected chi connectivity index (χ2v) is 6.10. The van der Waals surface area contributed by atoms with Gasteiger partial charge in [0.2, 0.25) is 5.91 Å². The van der Waals surface area contributed by atoms with Crippen LogP contribution in [0.25, 0.3) is 0 Å². The van der Waals surface area contributed by atoms with E-state index in [1.54, 1.807) is 0 Å². The number of anilines is 1. The largest absolute Gasteiger partial charge is 0.459 e. The van der Waals surface area contributed by atoms with E-state index in [0.717, 1.165) is 6.07 Å². The molecule has 1 atom stereocenters. The SMILES string of the molecule is CC(OC(=O)CCNC(=O)c1ccco1)C(=O)NCC(=O)Nc1ccc(F)c(F)c1F. The normalized spacial score (nSPS) is 11.4. The summed E-state index contributed by atoms with van der Waals surface area (Å²) in [4.78, 5) is 47.0. The minimum absolute atomic E-state index is 0.0606. The van der Waals surface area contributed by atoms with Crippen LogP contribution in [-0.4, -0.2) is 42.9 Å². The highest BCUT2D eigenvalue weighted by Crippen LogP contribution is 2.19. The van der Waals surface area contributed by atoms with E-state index in [2.05, 4.69) is 10.6 Å². The molecule has 0 fully saturated rings. The molecule has 0 saturated heterocycles. The number of furan rings is 1. The average Bonchev–Trinajstić information content (AvgIpc) is 3.27. The first-order valence-electron chi connectivity index (χ1n) is 8.91. The molecule has 1 unspecified atom stereocenters. The van der Waals surface area contributed by atoms with Crippen LogP contribution in [0.5, 0.6) is 0 Å². The lowest BCUT2D eigenvalue weighted by molar-refractivity contribution is -0.154. The Bertz CT molecular complexity index is 965. The van der Waals surface area contributed by atoms with Crippen molar-refractivity contribution in [3.8, 4) is 0 Å². The molecular weight excluding hydrogens is 423 g/mol. The number of hydrogen-bond acceptors (Lipinski definition) is 6. The van der Waals surface area contributed by atoms with Gasteiger partial charge in [-0.1, -0.05) is 0 Å². The lowest BCUT2D eigenvalue weighted by Gasteiger charge is -2.14. The number of carbonyl (C=O) groups is 4. The summed E-state index contributed by atoms with van der Waals surface area (Å²) >= 11 is 0. The van der Waals surface area contributed by atoms with Gasteiger partial charge in [-0.3, -0.25) is 19.2 Å². The van der Waals surface area contributed by atoms with Crippen LogP contribution < -0.4 is 16.0 Å². The maximum atomic E-state index is 13.5. The van der Waals surface area contributed by atoms with E-state index in [1.165, 1.54) is 25.3 Å². The molecule has 3 amide bonds. The van der Waals surface area contributed by atoms with Crippen LogP contribution in [-0.2, 0) is 19.1 Å². The molecule has 1 aromatic carbocycles. The lowest BCUT2D eigenvalue weighted by Crippen LogP contribution is -2.40. The Kier molecular flexibility index (Phi) is 8.17. The Morgan fingerprint density at radius 1 is 1.06 bits per heavy atom. The molecule has 166 valence electrons. The summed E-state index contributed by atoms with van der Waals surface area (Å²) in [5.74, 6) is -7.72. The van der Waals surface area contributed by atoms with Crippen LogP contribution in [0.1, 0.15) is 23.9 Å². The predicted octanol–water partition coefficient (Wildman–Crippen LogP) is 1.50. The van der Waals surface area contributed by atoms with Gasteiger partial charge >= 0.3 is 5.97 Å². The van der Waals surface area contributed by atoms with E-state index < -0.39 is 59.5 Å². The first-order chi connectivity index (χ1) is 14.7. The predicted molar refractivity (Wildman–Crippen MR) is 99.2 cm³/mol. The number of nitrogens with one attached hydrogen (secondary N) is 3. The molecule has 0 radical (unpaired) electrons. The monoisotopic (exact) mass is 441 g/mol. The summed E-state index contributed by atoms with van der Waals surface area (Å²) in [6, 6.07) is 4.42. The summed E-state index contributed by atoms with van der Waals surface area (Å²) in [5, 5.41) is 6.54. The smallest absolute Gasteiger partial charge is 0.308 e. The third-order valence-electron chi connectivity index (χ3n) is 3.77. The van der Waals surface area contributed by atoms with Gasteiger partial charge in [0, 0.05) is 6.54 Å². The van der Waals surface area contributed by atoms with Crippen LogP contribution in [0.2, 0.25) is 0 Å². The number of hydrogen-bond donors (Lipinski definition) is 3. The first kappa shape index (κ1) is 23.4. The Balaban J connectivity index is 1.70. The summed E-state index contributed by atoms with van der Waals surface area (Å²) in [7, 11) is 0. The minimum atomic E-state index is -1.75. The maximum absolute atomic E-state index is 13.5. The van der Waals surface area contributed by atoms with Crippen LogP contribution in [0, 0.1) is 17.5 Å². The van der Waals surface area contributed by atoms with Gasteiger partial charge in [0.1, 0.15) is 0 Å². The van der Waals surface area contributed by atoms with Crippen molar-refractivity contribution in [1.29, 1.82) is 0 Å². The molecule has 3 N–H and O–H groups in total. The highest BCUT2D eigenvalue weighted by Gasteiger charge is 2.20. The van der Waals surface area contributed by atoms with Crippen LogP contribution in [0.4, 0.5) is 18.9 Å². The molecule has 0 aliphatic rings. The molecule has 0 bridgehead atoms. The van der Waals surface area contributed by atoms with Crippen molar-refractivity contribution in [2.75, 3.05) is 18.4 Å². The van der Waals surface area contributed by atoms with Gasteiger partial charge in [0.05, 0.1) is 24.9 Å². The molecule has 0 spiro atoms. The van der Waals surface area contributed by atoms with Crippen molar-refractivity contribution in [2.45, 2.75) is 19.4 Å². The lowest BCUT2D eigenvalue weighted by atomic mass is 10.2. The zero-order chi connectivity index (χ0) is 23.0. The molecule has 2 rings (SSSR count). The van der Waals surface area contributed by atoms with E-state index in [9.17, 15) is 32.3 Å². The topological polar surface area (TPSA) is 127 Å². The molecule has 12 heteroatoms. The van der Waals surface area contributed by atoms with Gasteiger partial charge in [-0.15, -0.1) is 0 Å². The van der Waals surface area contributed by atoms with Gasteiger partial charge in [-0.2, -0.15) is 0 Å². The van der Waals surface area contributed by atoms with E-state index >= 15 is 0 Å². The standard InChI is InChI=1S/C19H18F3N3O6/c1-10(31-15(27)6-7-23-19(29)13-3-2-8-30-13)18(28)24-9-14(26)25-12-5-4-11(20)16(21)17(12)22/h2-5,8,10H,6-7,9H2,1H3,(H,23,29)(H,24,28)(H,25,26). The summed E-state index contributed by atoms with van der Waals surface area (Å²) in [5.41, 5.74) is -0.603. The van der Waals surface area contributed by atoms with Crippen molar-refractivity contribution >= 4 is 29.4 Å². The number of carbonyl (C=O) groups excluding carboxylic acids is 4. The summed E-state index contributed by atoms with van der Waals surface area (Å²) < 4.78 is 49.3. The number of amides is 3. The molecule has 9 nitrogen and oxygen atoms in total. The highest BCUT2D eigenvalue weighted by atomic mass is 19.2. The van der Waals surface area contributed by atoms with Gasteiger partial charge in [0.15, 0.2) is 29.3 Å². The number of ether oxygens (including phenoxy) is 1. The second-order valence-electron chi connectivity index (χ2n) is 6.10. The number of benzene rings is 1. The zero-order valence-corrected chi connectivity index (χ0v) is 16.2. The molecule has 2 aromatic rings. The van der Waals surface area contributed by atoms with Crippen molar-refractivity contribution in [3.63, 3.8) is 0 Å². The molecule has 0 aliphatic carbocycles. The Morgan fingerprint density at radius 2 is 1.81 bits per heavy atom. The van der Waals surface area contributed by atoms with Crippen molar-refractivity contribution < 1.29 is 41.5 Å². The van der Waals surface area contributed by atoms with Gasteiger partial charge in [0.25, 0.3) is 11.8 Å². The first-order valence-corrected chi connectivity index (χ1v) is 8.91. The summed E-state index contributed by atoms with van der Waals surface area (Å²) in [6.45, 7) is 0.550. The van der Waals surface area contributed by atoms with E-state index in [1.807, 2.05) is 5.32 Å². The molecule has 0 saturated carbocycles. The number of rotatable bonds is 9. The Morgan fingerprint density at radius 3 is 2.48 bits per heavy atom. The number of esters is 1. The van der Waals surface area contributed by atoms with Crippen LogP contribution in [0.3, 0.4) is 0 Å². The van der Waals surface area contributed by atoms with E-state index in [4.69, 9.17) is 9.15 Å². The maximum Gasteiger partial charge on any atom is 0.308 e.